The van der Waals surface area contributed by atoms with Gasteiger partial charge in [-0.15, -0.1) is 12.4 Å². The molecule has 2 aliphatic rings. The van der Waals surface area contributed by atoms with Crippen LogP contribution < -0.4 is 4.90 Å². The van der Waals surface area contributed by atoms with Crippen LogP contribution in [0.3, 0.4) is 0 Å². The highest BCUT2D eigenvalue weighted by Gasteiger charge is 2.56. The summed E-state index contributed by atoms with van der Waals surface area (Å²) >= 11 is 0. The van der Waals surface area contributed by atoms with Gasteiger partial charge in [0.15, 0.2) is 0 Å². The number of halogens is 1. The highest BCUT2D eigenvalue weighted by Crippen LogP contribution is 2.45. The van der Waals surface area contributed by atoms with Crippen molar-refractivity contribution < 1.29 is 4.79 Å². The summed E-state index contributed by atoms with van der Waals surface area (Å²) in [7, 11) is 0. The van der Waals surface area contributed by atoms with Crippen molar-refractivity contribution in [2.75, 3.05) is 24.5 Å². The van der Waals surface area contributed by atoms with Gasteiger partial charge in [0.1, 0.15) is 24.2 Å². The summed E-state index contributed by atoms with van der Waals surface area (Å²) in [4.78, 5) is 28.1. The molecule has 126 valence electrons. The van der Waals surface area contributed by atoms with E-state index in [-0.39, 0.29) is 30.3 Å². The van der Waals surface area contributed by atoms with E-state index in [1.807, 2.05) is 23.2 Å². The number of H-pyrrole nitrogens is 1. The van der Waals surface area contributed by atoms with E-state index >= 15 is 0 Å². The largest absolute Gasteiger partial charge is 0.353 e. The summed E-state index contributed by atoms with van der Waals surface area (Å²) in [6.45, 7) is 4.56. The Hall–Kier alpha value is -2.33. The third-order valence-electron chi connectivity index (χ3n) is 5.35. The highest BCUT2D eigenvalue weighted by atomic mass is 35.5. The molecule has 7 nitrogen and oxygen atoms in total. The van der Waals surface area contributed by atoms with E-state index in [9.17, 15) is 4.79 Å². The highest BCUT2D eigenvalue weighted by molar-refractivity contribution is 5.87. The standard InChI is InChI=1S/C16H18N6O.ClH/c1-11-8-22(13(23)2-5-17)16(11)4-7-21(9-16)15-12-3-6-18-14(12)19-10-20-15;/h3,6,10-11H,2,4,7-9H2,1H3,(H,18,19,20);1H/t11-,16-;/m0./s1. The number of carbonyl (C=O) groups is 1. The number of nitrogens with zero attached hydrogens (tertiary/aromatic N) is 5. The Balaban J connectivity index is 0.00000169. The fraction of sp³-hybridized carbons (Fsp3) is 0.500. The molecule has 24 heavy (non-hydrogen) atoms. The van der Waals surface area contributed by atoms with E-state index in [4.69, 9.17) is 5.26 Å². The second kappa shape index (κ2) is 5.95. The molecule has 0 saturated carbocycles. The number of aromatic amines is 1. The number of fused-ring (bicyclic) bond motifs is 1. The topological polar surface area (TPSA) is 88.9 Å². The van der Waals surface area contributed by atoms with E-state index < -0.39 is 0 Å². The molecule has 0 unspecified atom stereocenters. The van der Waals surface area contributed by atoms with Gasteiger partial charge in [0.25, 0.3) is 0 Å². The van der Waals surface area contributed by atoms with Crippen LogP contribution in [0.2, 0.25) is 0 Å². The molecule has 0 aliphatic carbocycles. The first kappa shape index (κ1) is 16.5. The summed E-state index contributed by atoms with van der Waals surface area (Å²) in [6.07, 6.45) is 4.32. The summed E-state index contributed by atoms with van der Waals surface area (Å²) in [5.74, 6) is 1.31. The van der Waals surface area contributed by atoms with Gasteiger partial charge in [-0.25, -0.2) is 9.97 Å². The SMILES string of the molecule is C[C@H]1CN(C(=O)CC#N)[C@]12CCN(c1ncnc3[nH]ccc13)C2.Cl. The monoisotopic (exact) mass is 346 g/mol. The molecule has 0 aromatic carbocycles. The molecule has 1 spiro atoms. The van der Waals surface area contributed by atoms with E-state index in [1.165, 1.54) is 0 Å². The smallest absolute Gasteiger partial charge is 0.237 e. The number of likely N-dealkylation sites (tertiary alicyclic amines) is 1. The zero-order valence-corrected chi connectivity index (χ0v) is 14.2. The fourth-order valence-corrected chi connectivity index (χ4v) is 4.02. The van der Waals surface area contributed by atoms with Crippen molar-refractivity contribution in [3.8, 4) is 6.07 Å². The van der Waals surface area contributed by atoms with E-state index in [1.54, 1.807) is 6.33 Å². The van der Waals surface area contributed by atoms with Crippen molar-refractivity contribution >= 4 is 35.2 Å². The Bertz CT molecular complexity index is 814. The molecule has 2 aromatic rings. The summed E-state index contributed by atoms with van der Waals surface area (Å²) < 4.78 is 0. The quantitative estimate of drug-likeness (QED) is 0.894. The van der Waals surface area contributed by atoms with Gasteiger partial charge in [0.2, 0.25) is 5.91 Å². The molecule has 2 atom stereocenters. The van der Waals surface area contributed by atoms with Crippen LogP contribution in [-0.2, 0) is 4.79 Å². The first-order valence-corrected chi connectivity index (χ1v) is 7.86. The van der Waals surface area contributed by atoms with Crippen LogP contribution in [0.5, 0.6) is 0 Å². The van der Waals surface area contributed by atoms with Gasteiger partial charge in [0, 0.05) is 25.8 Å². The zero-order valence-electron chi connectivity index (χ0n) is 13.4. The lowest BCUT2D eigenvalue weighted by Crippen LogP contribution is -2.69. The van der Waals surface area contributed by atoms with Crippen LogP contribution in [-0.4, -0.2) is 50.9 Å². The number of anilines is 1. The van der Waals surface area contributed by atoms with Gasteiger partial charge in [-0.1, -0.05) is 6.92 Å². The number of amides is 1. The molecule has 2 fully saturated rings. The Morgan fingerprint density at radius 1 is 1.54 bits per heavy atom. The zero-order chi connectivity index (χ0) is 16.0. The predicted molar refractivity (Wildman–Crippen MR) is 91.8 cm³/mol. The molecule has 0 bridgehead atoms. The van der Waals surface area contributed by atoms with Gasteiger partial charge in [-0.2, -0.15) is 5.26 Å². The maximum Gasteiger partial charge on any atom is 0.237 e. The molecular formula is C16H19ClN6O. The van der Waals surface area contributed by atoms with Gasteiger partial charge in [0.05, 0.1) is 17.0 Å². The van der Waals surface area contributed by atoms with Gasteiger partial charge in [-0.05, 0) is 18.4 Å². The number of hydrogen-bond donors (Lipinski definition) is 1. The first-order chi connectivity index (χ1) is 11.2. The van der Waals surface area contributed by atoms with Crippen LogP contribution in [0.1, 0.15) is 19.8 Å². The van der Waals surface area contributed by atoms with Gasteiger partial charge in [-0.3, -0.25) is 4.79 Å². The fourth-order valence-electron chi connectivity index (χ4n) is 4.02. The molecular weight excluding hydrogens is 328 g/mol. The molecule has 1 N–H and O–H groups in total. The Kier molecular flexibility index (Phi) is 4.10. The molecule has 4 rings (SSSR count). The van der Waals surface area contributed by atoms with Crippen molar-refractivity contribution in [2.45, 2.75) is 25.3 Å². The third kappa shape index (κ3) is 2.21. The van der Waals surface area contributed by atoms with Crippen molar-refractivity contribution in [3.63, 3.8) is 0 Å². The van der Waals surface area contributed by atoms with E-state index in [0.717, 1.165) is 42.9 Å². The minimum absolute atomic E-state index is 0. The normalized spacial score (nSPS) is 25.4. The van der Waals surface area contributed by atoms with Crippen molar-refractivity contribution in [1.82, 2.24) is 19.9 Å². The van der Waals surface area contributed by atoms with Crippen molar-refractivity contribution in [1.29, 1.82) is 5.26 Å². The number of aromatic nitrogens is 3. The van der Waals surface area contributed by atoms with Crippen LogP contribution in [0.25, 0.3) is 11.0 Å². The Morgan fingerprint density at radius 2 is 2.38 bits per heavy atom. The molecule has 2 aliphatic heterocycles. The first-order valence-electron chi connectivity index (χ1n) is 7.86. The maximum absolute atomic E-state index is 12.2. The molecule has 2 saturated heterocycles. The number of hydrogen-bond acceptors (Lipinski definition) is 5. The summed E-state index contributed by atoms with van der Waals surface area (Å²) in [5, 5.41) is 9.80. The van der Waals surface area contributed by atoms with E-state index in [2.05, 4.69) is 26.8 Å². The Labute approximate surface area is 146 Å². The third-order valence-corrected chi connectivity index (χ3v) is 5.35. The molecule has 0 radical (unpaired) electrons. The lowest BCUT2D eigenvalue weighted by molar-refractivity contribution is -0.152. The average Bonchev–Trinajstić information content (AvgIpc) is 3.20. The van der Waals surface area contributed by atoms with Crippen LogP contribution in [0.15, 0.2) is 18.6 Å². The van der Waals surface area contributed by atoms with Crippen LogP contribution in [0, 0.1) is 17.2 Å². The van der Waals surface area contributed by atoms with Crippen molar-refractivity contribution in [2.24, 2.45) is 5.92 Å². The molecule has 1 amide bonds. The predicted octanol–water partition coefficient (Wildman–Crippen LogP) is 1.72. The summed E-state index contributed by atoms with van der Waals surface area (Å²) in [5.41, 5.74) is 0.677. The number of rotatable bonds is 2. The van der Waals surface area contributed by atoms with E-state index in [0.29, 0.717) is 5.92 Å². The number of nitrogens with one attached hydrogen (secondary N) is 1. The second-order valence-corrected chi connectivity index (χ2v) is 6.45. The minimum atomic E-state index is -0.151. The Morgan fingerprint density at radius 3 is 3.12 bits per heavy atom. The molecule has 4 heterocycles. The average molecular weight is 347 g/mol. The van der Waals surface area contributed by atoms with Crippen LogP contribution in [0.4, 0.5) is 5.82 Å². The molecule has 2 aromatic heterocycles. The van der Waals surface area contributed by atoms with Gasteiger partial charge >= 0.3 is 0 Å². The lowest BCUT2D eigenvalue weighted by Gasteiger charge is -2.55. The summed E-state index contributed by atoms with van der Waals surface area (Å²) in [6, 6.07) is 3.96. The second-order valence-electron chi connectivity index (χ2n) is 6.45. The van der Waals surface area contributed by atoms with Gasteiger partial charge < -0.3 is 14.8 Å². The molecule has 8 heteroatoms. The number of nitriles is 1. The van der Waals surface area contributed by atoms with Crippen LogP contribution >= 0.6 is 12.4 Å². The lowest BCUT2D eigenvalue weighted by atomic mass is 9.74. The maximum atomic E-state index is 12.2. The van der Waals surface area contributed by atoms with Crippen molar-refractivity contribution in [3.05, 3.63) is 18.6 Å². The minimum Gasteiger partial charge on any atom is -0.353 e. The number of carbonyl (C=O) groups excluding carboxylic acids is 1.